The lowest BCUT2D eigenvalue weighted by Crippen LogP contribution is -2.24. The van der Waals surface area contributed by atoms with Crippen molar-refractivity contribution in [3.05, 3.63) is 152 Å². The van der Waals surface area contributed by atoms with Crippen LogP contribution in [0, 0.1) is 13.8 Å². The number of nitrogens with one attached hydrogen (secondary N) is 4. The molecule has 274 valence electrons. The summed E-state index contributed by atoms with van der Waals surface area (Å²) in [5.41, 5.74) is 2.33. The molecule has 2 aromatic heterocycles. The molecule has 0 aliphatic heterocycles. The van der Waals surface area contributed by atoms with Crippen molar-refractivity contribution in [2.45, 2.75) is 26.7 Å². The molecule has 6 aromatic rings. The Morgan fingerprint density at radius 2 is 0.815 bits per heavy atom. The third kappa shape index (κ3) is 7.39. The summed E-state index contributed by atoms with van der Waals surface area (Å²) in [5.74, 6) is -2.27. The zero-order valence-corrected chi connectivity index (χ0v) is 30.0. The molecule has 0 aliphatic carbocycles. The Morgan fingerprint density at radius 1 is 0.481 bits per heavy atom. The first-order chi connectivity index (χ1) is 26.0. The highest BCUT2D eigenvalue weighted by Crippen LogP contribution is 2.22. The minimum absolute atomic E-state index is 0.0984. The lowest BCUT2D eigenvalue weighted by atomic mass is 10.1. The number of hydrogen-bond donors (Lipinski definition) is 4. The second kappa shape index (κ2) is 15.6. The molecule has 0 saturated carbocycles. The molecule has 4 aromatic carbocycles. The Labute approximate surface area is 309 Å². The van der Waals surface area contributed by atoms with E-state index in [1.165, 1.54) is 21.5 Å². The minimum Gasteiger partial charge on any atom is -0.325 e. The molecular weight excluding hydrogens is 688 g/mol. The zero-order chi connectivity index (χ0) is 38.5. The summed E-state index contributed by atoms with van der Waals surface area (Å²) in [6.07, 6.45) is -0.476. The molecule has 0 saturated heterocycles. The van der Waals surface area contributed by atoms with Gasteiger partial charge in [0.1, 0.15) is 11.4 Å². The molecule has 0 radical (unpaired) electrons. The lowest BCUT2D eigenvalue weighted by Gasteiger charge is -2.12. The summed E-state index contributed by atoms with van der Waals surface area (Å²) in [6.45, 7) is 3.43. The number of nitrogens with zero attached hydrogens (tertiary/aromatic N) is 4. The molecular formula is C40H38N8O6. The van der Waals surface area contributed by atoms with E-state index in [-0.39, 0.29) is 46.7 Å². The van der Waals surface area contributed by atoms with Gasteiger partial charge >= 0.3 is 0 Å². The highest BCUT2D eigenvalue weighted by Gasteiger charge is 2.23. The van der Waals surface area contributed by atoms with Crippen LogP contribution in [-0.4, -0.2) is 42.4 Å². The van der Waals surface area contributed by atoms with Gasteiger partial charge in [-0.05, 0) is 62.4 Å². The fourth-order valence-corrected chi connectivity index (χ4v) is 6.02. The maximum absolute atomic E-state index is 13.4. The van der Waals surface area contributed by atoms with Gasteiger partial charge in [0.25, 0.3) is 22.9 Å². The van der Waals surface area contributed by atoms with Crippen molar-refractivity contribution in [2.75, 3.05) is 21.3 Å². The van der Waals surface area contributed by atoms with Crippen LogP contribution in [0.5, 0.6) is 0 Å². The van der Waals surface area contributed by atoms with Gasteiger partial charge in [-0.15, -0.1) is 0 Å². The van der Waals surface area contributed by atoms with Crippen LogP contribution in [0.2, 0.25) is 0 Å². The number of carbonyl (C=O) groups is 4. The topological polar surface area (TPSA) is 170 Å². The molecule has 2 heterocycles. The van der Waals surface area contributed by atoms with Crippen molar-refractivity contribution < 1.29 is 19.2 Å². The van der Waals surface area contributed by atoms with Crippen molar-refractivity contribution in [1.82, 2.24) is 18.7 Å². The molecule has 0 bridgehead atoms. The number of anilines is 4. The van der Waals surface area contributed by atoms with Crippen LogP contribution in [0.15, 0.2) is 119 Å². The third-order valence-corrected chi connectivity index (χ3v) is 9.06. The Morgan fingerprint density at radius 3 is 1.19 bits per heavy atom. The summed E-state index contributed by atoms with van der Waals surface area (Å²) in [4.78, 5) is 79.6. The minimum atomic E-state index is -0.603. The van der Waals surface area contributed by atoms with Gasteiger partial charge in [0.05, 0.1) is 45.3 Å². The quantitative estimate of drug-likeness (QED) is 0.144. The van der Waals surface area contributed by atoms with E-state index in [4.69, 9.17) is 0 Å². The summed E-state index contributed by atoms with van der Waals surface area (Å²) >= 11 is 0. The smallest absolute Gasteiger partial charge is 0.295 e. The van der Waals surface area contributed by atoms with Gasteiger partial charge in [0.2, 0.25) is 11.8 Å². The Balaban J connectivity index is 1.09. The Bertz CT molecular complexity index is 2340. The maximum Gasteiger partial charge on any atom is 0.295 e. The van der Waals surface area contributed by atoms with E-state index in [0.29, 0.717) is 22.8 Å². The summed E-state index contributed by atoms with van der Waals surface area (Å²) in [6, 6.07) is 30.7. The van der Waals surface area contributed by atoms with Crippen molar-refractivity contribution in [3.63, 3.8) is 0 Å². The zero-order valence-electron chi connectivity index (χ0n) is 30.0. The van der Waals surface area contributed by atoms with Gasteiger partial charge in [-0.25, -0.2) is 9.36 Å². The second-order valence-electron chi connectivity index (χ2n) is 12.5. The summed E-state index contributed by atoms with van der Waals surface area (Å²) < 4.78 is 6.18. The van der Waals surface area contributed by atoms with Gasteiger partial charge in [-0.2, -0.15) is 0 Å². The molecule has 14 nitrogen and oxygen atoms in total. The van der Waals surface area contributed by atoms with E-state index in [0.717, 1.165) is 0 Å². The second-order valence-corrected chi connectivity index (χ2v) is 12.5. The van der Waals surface area contributed by atoms with E-state index < -0.39 is 34.7 Å². The standard InChI is InChI=1S/C40H38N8O6/c1-25-35(39(53)47(45(25)3)27-15-7-5-8-16-27)43-37(51)29-19-11-13-21-31(29)41-33(49)23-24-34(50)42-32-22-14-12-20-30(32)38(52)44-36-26(2)46(4)48(40(36)54)28-17-9-6-10-18-28/h5-22H,23-24H2,1-4H3,(H,41,49)(H,42,50)(H,43,51)(H,44,52). The van der Waals surface area contributed by atoms with Crippen LogP contribution in [0.1, 0.15) is 44.9 Å². The van der Waals surface area contributed by atoms with E-state index in [1.807, 2.05) is 36.4 Å². The number of carbonyl (C=O) groups excluding carboxylic acids is 4. The van der Waals surface area contributed by atoms with E-state index >= 15 is 0 Å². The van der Waals surface area contributed by atoms with Gasteiger partial charge in [-0.1, -0.05) is 60.7 Å². The Kier molecular flexibility index (Phi) is 10.5. The average Bonchev–Trinajstić information content (AvgIpc) is 3.52. The fourth-order valence-electron chi connectivity index (χ4n) is 6.02. The number of amides is 4. The van der Waals surface area contributed by atoms with Crippen LogP contribution in [0.4, 0.5) is 22.7 Å². The Hall–Kier alpha value is -7.22. The average molecular weight is 727 g/mol. The lowest BCUT2D eigenvalue weighted by molar-refractivity contribution is -0.121. The van der Waals surface area contributed by atoms with Crippen LogP contribution >= 0.6 is 0 Å². The monoisotopic (exact) mass is 726 g/mol. The molecule has 4 amide bonds. The molecule has 6 rings (SSSR count). The number of rotatable bonds is 11. The summed E-state index contributed by atoms with van der Waals surface area (Å²) in [7, 11) is 3.43. The van der Waals surface area contributed by atoms with Crippen LogP contribution in [0.25, 0.3) is 11.4 Å². The predicted molar refractivity (Wildman–Crippen MR) is 207 cm³/mol. The SMILES string of the molecule is Cc1c(NC(=O)c2ccccc2NC(=O)CCC(=O)Nc2ccccc2C(=O)Nc2c(C)n(C)n(-c3ccccc3)c2=O)c(=O)n(-c2ccccc2)n1C. The maximum atomic E-state index is 13.4. The van der Waals surface area contributed by atoms with Crippen LogP contribution in [0.3, 0.4) is 0 Å². The number of para-hydroxylation sites is 4. The van der Waals surface area contributed by atoms with E-state index in [2.05, 4.69) is 21.3 Å². The number of aromatic nitrogens is 4. The highest BCUT2D eigenvalue weighted by molar-refractivity contribution is 6.12. The van der Waals surface area contributed by atoms with Crippen molar-refractivity contribution in [1.29, 1.82) is 0 Å². The normalized spacial score (nSPS) is 10.8. The van der Waals surface area contributed by atoms with Gasteiger partial charge in [0.15, 0.2) is 0 Å². The molecule has 0 aliphatic rings. The molecule has 0 atom stereocenters. The van der Waals surface area contributed by atoms with Crippen LogP contribution in [-0.2, 0) is 23.7 Å². The molecule has 4 N–H and O–H groups in total. The van der Waals surface area contributed by atoms with E-state index in [9.17, 15) is 28.8 Å². The highest BCUT2D eigenvalue weighted by atomic mass is 16.2. The first kappa shape index (κ1) is 36.6. The third-order valence-electron chi connectivity index (χ3n) is 9.06. The fraction of sp³-hybridized carbons (Fsp3) is 0.150. The molecule has 0 fully saturated rings. The number of benzene rings is 4. The van der Waals surface area contributed by atoms with Crippen molar-refractivity contribution in [3.8, 4) is 11.4 Å². The van der Waals surface area contributed by atoms with Gasteiger partial charge in [-0.3, -0.25) is 38.1 Å². The molecule has 14 heteroatoms. The molecule has 54 heavy (non-hydrogen) atoms. The molecule has 0 unspecified atom stereocenters. The van der Waals surface area contributed by atoms with Gasteiger partial charge < -0.3 is 21.3 Å². The summed E-state index contributed by atoms with van der Waals surface area (Å²) in [5, 5.41) is 10.8. The van der Waals surface area contributed by atoms with Gasteiger partial charge in [0, 0.05) is 26.9 Å². The van der Waals surface area contributed by atoms with E-state index in [1.54, 1.807) is 98.0 Å². The van der Waals surface area contributed by atoms with Crippen LogP contribution < -0.4 is 32.4 Å². The van der Waals surface area contributed by atoms with Crippen molar-refractivity contribution >= 4 is 46.4 Å². The predicted octanol–water partition coefficient (Wildman–Crippen LogP) is 5.14. The first-order valence-corrected chi connectivity index (χ1v) is 17.0. The molecule has 0 spiro atoms. The number of hydrogen-bond acceptors (Lipinski definition) is 6. The van der Waals surface area contributed by atoms with Crippen molar-refractivity contribution in [2.24, 2.45) is 14.1 Å². The largest absolute Gasteiger partial charge is 0.325 e. The first-order valence-electron chi connectivity index (χ1n) is 17.0.